The highest BCUT2D eigenvalue weighted by molar-refractivity contribution is 5.79. The fourth-order valence-corrected chi connectivity index (χ4v) is 6.38. The standard InChI is InChI=1S/C31H28F3NO2/c1-19-15-20(13-14-29(19)31(32,33)34)21-16-22-7-6-8-23(17-21)35(22)30(36)37-18-28-26-11-4-2-9-24(26)25-10-3-5-12-27(25)28/h2-5,9-16,22-23,28H,6-8,17-18H2,1H3. The highest BCUT2D eigenvalue weighted by atomic mass is 19.4. The van der Waals surface area contributed by atoms with E-state index >= 15 is 0 Å². The maximum absolute atomic E-state index is 13.4. The van der Waals surface area contributed by atoms with Gasteiger partial charge < -0.3 is 4.74 Å². The molecule has 1 aliphatic carbocycles. The molecule has 1 amide bonds. The minimum atomic E-state index is -4.36. The van der Waals surface area contributed by atoms with Crippen molar-refractivity contribution in [2.24, 2.45) is 0 Å². The number of nitrogens with zero attached hydrogens (tertiary/aromatic N) is 1. The molecular weight excluding hydrogens is 475 g/mol. The van der Waals surface area contributed by atoms with E-state index in [2.05, 4.69) is 30.3 Å². The Kier molecular flexibility index (Phi) is 5.85. The van der Waals surface area contributed by atoms with Crippen LogP contribution in [-0.4, -0.2) is 29.7 Å². The molecule has 2 bridgehead atoms. The van der Waals surface area contributed by atoms with Gasteiger partial charge in [0.2, 0.25) is 0 Å². The van der Waals surface area contributed by atoms with E-state index in [4.69, 9.17) is 4.74 Å². The van der Waals surface area contributed by atoms with Gasteiger partial charge in [-0.3, -0.25) is 4.90 Å². The molecule has 190 valence electrons. The summed E-state index contributed by atoms with van der Waals surface area (Å²) in [4.78, 5) is 15.3. The summed E-state index contributed by atoms with van der Waals surface area (Å²) in [5.74, 6) is 0.00204. The molecule has 1 saturated heterocycles. The number of carbonyl (C=O) groups is 1. The van der Waals surface area contributed by atoms with Crippen molar-refractivity contribution in [3.63, 3.8) is 0 Å². The van der Waals surface area contributed by atoms with E-state index in [9.17, 15) is 18.0 Å². The average Bonchev–Trinajstić information content (AvgIpc) is 3.19. The summed E-state index contributed by atoms with van der Waals surface area (Å²) in [7, 11) is 0. The molecule has 2 atom stereocenters. The van der Waals surface area contributed by atoms with Crippen molar-refractivity contribution in [3.8, 4) is 11.1 Å². The number of aryl methyl sites for hydroxylation is 1. The van der Waals surface area contributed by atoms with Crippen LogP contribution in [0, 0.1) is 6.92 Å². The van der Waals surface area contributed by atoms with Gasteiger partial charge in [0.05, 0.1) is 11.6 Å². The van der Waals surface area contributed by atoms with Gasteiger partial charge >= 0.3 is 12.3 Å². The van der Waals surface area contributed by atoms with Crippen LogP contribution in [0.25, 0.3) is 16.7 Å². The number of rotatable bonds is 3. The van der Waals surface area contributed by atoms with Gasteiger partial charge in [-0.1, -0.05) is 66.7 Å². The first-order valence-electron chi connectivity index (χ1n) is 12.8. The molecule has 37 heavy (non-hydrogen) atoms. The van der Waals surface area contributed by atoms with Gasteiger partial charge in [0.15, 0.2) is 0 Å². The minimum Gasteiger partial charge on any atom is -0.448 e. The molecule has 3 aromatic carbocycles. The van der Waals surface area contributed by atoms with Crippen LogP contribution in [-0.2, 0) is 10.9 Å². The summed E-state index contributed by atoms with van der Waals surface area (Å²) in [6, 6.07) is 20.7. The SMILES string of the molecule is Cc1cc(C2=CC3CCCC(C2)N3C(=O)OCC2c3ccccc3-c3ccccc32)ccc1C(F)(F)F. The number of hydrogen-bond donors (Lipinski definition) is 0. The summed E-state index contributed by atoms with van der Waals surface area (Å²) < 4.78 is 45.6. The van der Waals surface area contributed by atoms with Crippen molar-refractivity contribution in [1.29, 1.82) is 0 Å². The normalized spacial score (nSPS) is 20.8. The van der Waals surface area contributed by atoms with Crippen molar-refractivity contribution in [2.45, 2.75) is 56.8 Å². The maximum Gasteiger partial charge on any atom is 0.416 e. The summed E-state index contributed by atoms with van der Waals surface area (Å²) in [6.45, 7) is 1.77. The largest absolute Gasteiger partial charge is 0.448 e. The van der Waals surface area contributed by atoms with Gasteiger partial charge in [-0.05, 0) is 77.6 Å². The Morgan fingerprint density at radius 1 is 0.973 bits per heavy atom. The zero-order chi connectivity index (χ0) is 25.7. The lowest BCUT2D eigenvalue weighted by Gasteiger charge is -2.44. The molecule has 2 unspecified atom stereocenters. The number of hydrogen-bond acceptors (Lipinski definition) is 2. The van der Waals surface area contributed by atoms with Gasteiger partial charge in [0.1, 0.15) is 6.61 Å². The van der Waals surface area contributed by atoms with Crippen LogP contribution in [0.5, 0.6) is 0 Å². The molecule has 6 rings (SSSR count). The van der Waals surface area contributed by atoms with E-state index in [-0.39, 0.29) is 36.3 Å². The van der Waals surface area contributed by atoms with Crippen LogP contribution in [0.2, 0.25) is 0 Å². The van der Waals surface area contributed by atoms with Gasteiger partial charge in [0, 0.05) is 12.0 Å². The third-order valence-electron chi connectivity index (χ3n) is 8.09. The van der Waals surface area contributed by atoms with Crippen LogP contribution >= 0.6 is 0 Å². The number of halogens is 3. The van der Waals surface area contributed by atoms with Gasteiger partial charge in [0.25, 0.3) is 0 Å². The molecule has 0 N–H and O–H groups in total. The Morgan fingerprint density at radius 3 is 2.27 bits per heavy atom. The second-order valence-corrected chi connectivity index (χ2v) is 10.3. The summed E-state index contributed by atoms with van der Waals surface area (Å²) in [5, 5.41) is 0. The van der Waals surface area contributed by atoms with Crippen LogP contribution in [0.3, 0.4) is 0 Å². The Labute approximate surface area is 214 Å². The summed E-state index contributed by atoms with van der Waals surface area (Å²) in [6.07, 6.45) is 0.696. The van der Waals surface area contributed by atoms with E-state index in [0.29, 0.717) is 6.42 Å². The Hall–Kier alpha value is -3.54. The van der Waals surface area contributed by atoms with Crippen LogP contribution < -0.4 is 0 Å². The molecule has 0 radical (unpaired) electrons. The Bertz CT molecular complexity index is 1350. The lowest BCUT2D eigenvalue weighted by molar-refractivity contribution is -0.138. The van der Waals surface area contributed by atoms with Crippen molar-refractivity contribution in [1.82, 2.24) is 4.90 Å². The predicted molar refractivity (Wildman–Crippen MR) is 137 cm³/mol. The van der Waals surface area contributed by atoms with Crippen molar-refractivity contribution in [2.75, 3.05) is 6.61 Å². The topological polar surface area (TPSA) is 29.5 Å². The lowest BCUT2D eigenvalue weighted by atomic mass is 9.82. The average molecular weight is 504 g/mol. The van der Waals surface area contributed by atoms with Crippen LogP contribution in [0.1, 0.15) is 59.4 Å². The van der Waals surface area contributed by atoms with E-state index in [1.54, 1.807) is 12.1 Å². The van der Waals surface area contributed by atoms with Crippen LogP contribution in [0.4, 0.5) is 18.0 Å². The molecule has 3 nitrogen and oxygen atoms in total. The quantitative estimate of drug-likeness (QED) is 0.363. The van der Waals surface area contributed by atoms with Gasteiger partial charge in [-0.2, -0.15) is 13.2 Å². The van der Waals surface area contributed by atoms with Gasteiger partial charge in [-0.25, -0.2) is 4.79 Å². The fraction of sp³-hybridized carbons (Fsp3) is 0.323. The first-order valence-corrected chi connectivity index (χ1v) is 12.8. The number of amides is 1. The third-order valence-corrected chi connectivity index (χ3v) is 8.09. The second-order valence-electron chi connectivity index (χ2n) is 10.3. The van der Waals surface area contributed by atoms with Crippen LogP contribution in [0.15, 0.2) is 72.8 Å². The van der Waals surface area contributed by atoms with E-state index in [0.717, 1.165) is 30.4 Å². The smallest absolute Gasteiger partial charge is 0.416 e. The minimum absolute atomic E-state index is 0.00204. The summed E-state index contributed by atoms with van der Waals surface area (Å²) >= 11 is 0. The number of benzene rings is 3. The van der Waals surface area contributed by atoms with E-state index in [1.807, 2.05) is 29.2 Å². The number of carbonyl (C=O) groups excluding carboxylic acids is 1. The number of alkyl halides is 3. The summed E-state index contributed by atoms with van der Waals surface area (Å²) in [5.41, 5.74) is 6.15. The fourth-order valence-electron chi connectivity index (χ4n) is 6.38. The first-order chi connectivity index (χ1) is 17.8. The molecule has 0 saturated carbocycles. The molecule has 3 aromatic rings. The van der Waals surface area contributed by atoms with Crippen molar-refractivity contribution in [3.05, 3.63) is 101 Å². The molecule has 3 aliphatic rings. The second kappa shape index (κ2) is 9.09. The first kappa shape index (κ1) is 23.8. The van der Waals surface area contributed by atoms with Gasteiger partial charge in [-0.15, -0.1) is 0 Å². The Morgan fingerprint density at radius 2 is 1.65 bits per heavy atom. The highest BCUT2D eigenvalue weighted by Crippen LogP contribution is 2.45. The zero-order valence-electron chi connectivity index (χ0n) is 20.6. The lowest BCUT2D eigenvalue weighted by Crippen LogP contribution is -2.51. The molecule has 1 fully saturated rings. The van der Waals surface area contributed by atoms with E-state index < -0.39 is 11.7 Å². The monoisotopic (exact) mass is 503 g/mol. The Balaban J connectivity index is 1.21. The predicted octanol–water partition coefficient (Wildman–Crippen LogP) is 7.97. The molecule has 0 spiro atoms. The zero-order valence-corrected chi connectivity index (χ0v) is 20.6. The maximum atomic E-state index is 13.4. The molecular formula is C31H28F3NO2. The van der Waals surface area contributed by atoms with E-state index in [1.165, 1.54) is 35.2 Å². The third kappa shape index (κ3) is 4.22. The van der Waals surface area contributed by atoms with Crippen molar-refractivity contribution < 1.29 is 22.7 Å². The molecule has 0 aromatic heterocycles. The number of ether oxygens (including phenoxy) is 1. The van der Waals surface area contributed by atoms with Crippen molar-refractivity contribution >= 4 is 11.7 Å². The number of fused-ring (bicyclic) bond motifs is 5. The number of piperidine rings is 1. The highest BCUT2D eigenvalue weighted by Gasteiger charge is 2.39. The molecule has 6 heteroatoms. The molecule has 2 aliphatic heterocycles. The molecule has 2 heterocycles.